The predicted molar refractivity (Wildman–Crippen MR) is 193 cm³/mol. The van der Waals surface area contributed by atoms with Crippen molar-refractivity contribution in [1.29, 1.82) is 0 Å². The van der Waals surface area contributed by atoms with Gasteiger partial charge in [-0.1, -0.05) is 54.6 Å². The number of phenols is 1. The van der Waals surface area contributed by atoms with Gasteiger partial charge < -0.3 is 50.0 Å². The minimum absolute atomic E-state index is 0.00228. The molecule has 0 amide bonds. The highest BCUT2D eigenvalue weighted by atomic mass is 16.7. The fourth-order valence-electron chi connectivity index (χ4n) is 6.82. The summed E-state index contributed by atoms with van der Waals surface area (Å²) in [6, 6.07) is 16.4. The number of ketones is 2. The van der Waals surface area contributed by atoms with E-state index in [1.54, 1.807) is 42.5 Å². The van der Waals surface area contributed by atoms with Gasteiger partial charge >= 0.3 is 5.97 Å². The maximum atomic E-state index is 14.7. The van der Waals surface area contributed by atoms with Crippen LogP contribution in [-0.2, 0) is 35.6 Å². The predicted octanol–water partition coefficient (Wildman–Crippen LogP) is 2.58. The molecule has 0 aromatic heterocycles. The van der Waals surface area contributed by atoms with Crippen molar-refractivity contribution < 1.29 is 64.3 Å². The molecular weight excluding hydrogens is 700 g/mol. The van der Waals surface area contributed by atoms with Crippen molar-refractivity contribution in [3.63, 3.8) is 0 Å². The number of esters is 1. The number of phenolic OH excluding ortho intramolecular Hbond substituents is 1. The largest absolute Gasteiger partial charge is 0.507 e. The van der Waals surface area contributed by atoms with Crippen LogP contribution >= 0.6 is 0 Å². The topological polar surface area (TPSA) is 221 Å². The van der Waals surface area contributed by atoms with Crippen molar-refractivity contribution >= 4 is 29.7 Å². The van der Waals surface area contributed by atoms with E-state index in [-0.39, 0.29) is 70.1 Å². The lowest BCUT2D eigenvalue weighted by Crippen LogP contribution is -2.58. The molecule has 282 valence electrons. The highest BCUT2D eigenvalue weighted by Gasteiger charge is 2.44. The van der Waals surface area contributed by atoms with Gasteiger partial charge in [-0.15, -0.1) is 0 Å². The average Bonchev–Trinajstić information content (AvgIpc) is 3.15. The first kappa shape index (κ1) is 38.5. The standard InChI is InChI=1S/C41H40O13/c1-20-35(46)39(50)40(51)41(52-20)54-31-17-29-34(36(47)28(31)15-24-7-4-8-25(14-24)18-43)38(49)32-26(19-44)16-30(53-21(2)45)27(33(32)37(29)48)10-9-22-5-3-6-23(13-22)11-12-42/h3-10,13-14,16-17,20,35,39-44,46-47,50-51H,11-12,15,18-19H2,1-2H3/t20-,35-,39-,40-,41-/m1/s1. The molecule has 0 spiro atoms. The monoisotopic (exact) mass is 740 g/mol. The summed E-state index contributed by atoms with van der Waals surface area (Å²) in [6.07, 6.45) is -4.02. The summed E-state index contributed by atoms with van der Waals surface area (Å²) in [6.45, 7) is 1.53. The van der Waals surface area contributed by atoms with Gasteiger partial charge in [-0.3, -0.25) is 14.4 Å². The Balaban J connectivity index is 1.55. The van der Waals surface area contributed by atoms with Crippen LogP contribution in [0.5, 0.6) is 17.2 Å². The fourth-order valence-corrected chi connectivity index (χ4v) is 6.82. The zero-order valence-corrected chi connectivity index (χ0v) is 29.4. The lowest BCUT2D eigenvalue weighted by molar-refractivity contribution is -0.268. The van der Waals surface area contributed by atoms with Gasteiger partial charge in [0.25, 0.3) is 0 Å². The second-order valence-corrected chi connectivity index (χ2v) is 13.2. The van der Waals surface area contributed by atoms with E-state index in [1.165, 1.54) is 25.1 Å². The van der Waals surface area contributed by atoms with Gasteiger partial charge in [0.2, 0.25) is 6.29 Å². The van der Waals surface area contributed by atoms with Crippen molar-refractivity contribution in [2.24, 2.45) is 0 Å². The summed E-state index contributed by atoms with van der Waals surface area (Å²) in [5.41, 5.74) is 1.51. The van der Waals surface area contributed by atoms with E-state index in [0.717, 1.165) is 12.5 Å². The quantitative estimate of drug-likeness (QED) is 0.0589. The molecule has 0 saturated carbocycles. The van der Waals surface area contributed by atoms with E-state index in [0.29, 0.717) is 23.1 Å². The van der Waals surface area contributed by atoms with Crippen LogP contribution in [0.25, 0.3) is 12.2 Å². The number of rotatable bonds is 11. The van der Waals surface area contributed by atoms with Gasteiger partial charge in [0, 0.05) is 47.8 Å². The van der Waals surface area contributed by atoms with E-state index < -0.39 is 60.6 Å². The SMILES string of the molecule is CC(=O)Oc1cc(CO)c2c(c1C=Cc1cccc(CCO)c1)C(=O)c1cc(O[C@H]3O[C@H](C)[C@@H](O)[C@@H](O)[C@H]3O)c(Cc3cccc(CO)c3)c(O)c1C2=O. The molecule has 13 nitrogen and oxygen atoms in total. The number of aliphatic hydroxyl groups is 6. The van der Waals surface area contributed by atoms with Crippen LogP contribution in [0.2, 0.25) is 0 Å². The number of ether oxygens (including phenoxy) is 3. The van der Waals surface area contributed by atoms with Crippen LogP contribution < -0.4 is 9.47 Å². The fraction of sp³-hybridized carbons (Fsp3) is 0.293. The van der Waals surface area contributed by atoms with Crippen molar-refractivity contribution in [3.8, 4) is 17.2 Å². The van der Waals surface area contributed by atoms with Crippen LogP contribution in [0.1, 0.15) is 84.6 Å². The Hall–Kier alpha value is -5.25. The maximum Gasteiger partial charge on any atom is 0.308 e. The van der Waals surface area contributed by atoms with Gasteiger partial charge in [0.05, 0.1) is 24.9 Å². The zero-order chi connectivity index (χ0) is 38.8. The number of hydrogen-bond donors (Lipinski definition) is 7. The molecule has 5 atom stereocenters. The molecule has 1 aliphatic heterocycles. The number of hydrogen-bond acceptors (Lipinski definition) is 13. The Kier molecular flexibility index (Phi) is 11.4. The van der Waals surface area contributed by atoms with E-state index in [4.69, 9.17) is 14.2 Å². The van der Waals surface area contributed by atoms with Crippen LogP contribution in [0, 0.1) is 0 Å². The second-order valence-electron chi connectivity index (χ2n) is 13.2. The summed E-state index contributed by atoms with van der Waals surface area (Å²) < 4.78 is 17.2. The number of carbonyl (C=O) groups is 3. The van der Waals surface area contributed by atoms with Gasteiger partial charge in [0.1, 0.15) is 35.6 Å². The average molecular weight is 741 g/mol. The van der Waals surface area contributed by atoms with Crippen LogP contribution in [0.15, 0.2) is 60.7 Å². The number of fused-ring (bicyclic) bond motifs is 2. The Morgan fingerprint density at radius 1 is 0.796 bits per heavy atom. The van der Waals surface area contributed by atoms with E-state index in [9.17, 15) is 50.1 Å². The Morgan fingerprint density at radius 3 is 2.22 bits per heavy atom. The number of carbonyl (C=O) groups excluding carboxylic acids is 3. The third kappa shape index (κ3) is 7.43. The van der Waals surface area contributed by atoms with E-state index >= 15 is 0 Å². The molecule has 0 bridgehead atoms. The van der Waals surface area contributed by atoms with Gasteiger partial charge in [-0.25, -0.2) is 0 Å². The molecule has 6 rings (SSSR count). The number of aliphatic hydroxyl groups excluding tert-OH is 6. The molecule has 0 unspecified atom stereocenters. The van der Waals surface area contributed by atoms with Crippen LogP contribution in [0.4, 0.5) is 0 Å². The minimum Gasteiger partial charge on any atom is -0.507 e. The lowest BCUT2D eigenvalue weighted by atomic mass is 9.77. The number of benzene rings is 4. The normalized spacial score (nSPS) is 20.9. The molecule has 0 radical (unpaired) electrons. The van der Waals surface area contributed by atoms with E-state index in [2.05, 4.69) is 0 Å². The molecule has 4 aromatic rings. The lowest BCUT2D eigenvalue weighted by Gasteiger charge is -2.39. The molecule has 7 N–H and O–H groups in total. The molecule has 2 aliphatic rings. The molecule has 54 heavy (non-hydrogen) atoms. The Labute approximate surface area is 309 Å². The molecular formula is C41H40O13. The molecule has 4 aromatic carbocycles. The van der Waals surface area contributed by atoms with Gasteiger partial charge in [-0.2, -0.15) is 0 Å². The Bertz CT molecular complexity index is 2140. The van der Waals surface area contributed by atoms with E-state index in [1.807, 2.05) is 12.1 Å². The first-order chi connectivity index (χ1) is 25.9. The van der Waals surface area contributed by atoms with Gasteiger partial charge in [0.15, 0.2) is 11.6 Å². The molecule has 1 heterocycles. The highest BCUT2D eigenvalue weighted by molar-refractivity contribution is 6.31. The van der Waals surface area contributed by atoms with Crippen molar-refractivity contribution in [3.05, 3.63) is 122 Å². The molecule has 1 aliphatic carbocycles. The van der Waals surface area contributed by atoms with Crippen molar-refractivity contribution in [1.82, 2.24) is 0 Å². The van der Waals surface area contributed by atoms with Crippen molar-refractivity contribution in [2.75, 3.05) is 6.61 Å². The summed E-state index contributed by atoms with van der Waals surface area (Å²) in [5.74, 6) is -3.27. The maximum absolute atomic E-state index is 14.7. The summed E-state index contributed by atoms with van der Waals surface area (Å²) in [5, 5.41) is 73.1. The van der Waals surface area contributed by atoms with Crippen molar-refractivity contribution in [2.45, 2.75) is 70.6 Å². The highest BCUT2D eigenvalue weighted by Crippen LogP contribution is 2.45. The van der Waals surface area contributed by atoms with Crippen LogP contribution in [0.3, 0.4) is 0 Å². The third-order valence-electron chi connectivity index (χ3n) is 9.53. The molecule has 1 saturated heterocycles. The summed E-state index contributed by atoms with van der Waals surface area (Å²) in [4.78, 5) is 41.5. The first-order valence-electron chi connectivity index (χ1n) is 17.3. The third-order valence-corrected chi connectivity index (χ3v) is 9.53. The number of aromatic hydroxyl groups is 1. The first-order valence-corrected chi connectivity index (χ1v) is 17.3. The zero-order valence-electron chi connectivity index (χ0n) is 29.4. The molecule has 1 fully saturated rings. The minimum atomic E-state index is -1.76. The Morgan fingerprint density at radius 2 is 1.52 bits per heavy atom. The second kappa shape index (κ2) is 16.0. The smallest absolute Gasteiger partial charge is 0.308 e. The van der Waals surface area contributed by atoms with Gasteiger partial charge in [-0.05, 0) is 59.4 Å². The molecule has 13 heteroatoms. The van der Waals surface area contributed by atoms with Crippen LogP contribution in [-0.4, -0.2) is 90.6 Å². The summed E-state index contributed by atoms with van der Waals surface area (Å²) in [7, 11) is 0. The summed E-state index contributed by atoms with van der Waals surface area (Å²) >= 11 is 0.